The fraction of sp³-hybridized carbons (Fsp3) is 0.429. The van der Waals surface area contributed by atoms with Crippen molar-refractivity contribution in [1.29, 1.82) is 0 Å². The van der Waals surface area contributed by atoms with Crippen LogP contribution in [0.25, 0.3) is 10.4 Å². The monoisotopic (exact) mass is 598 g/mol. The number of hydrogen-bond donors (Lipinski definition) is 2. The average Bonchev–Trinajstić information content (AvgIpc) is 3.68. The number of methoxy groups -OCH3 is 1. The summed E-state index contributed by atoms with van der Waals surface area (Å²) in [4.78, 5) is 39.1. The smallest absolute Gasteiger partial charge is 0.256 e. The molecule has 2 aliphatic rings. The van der Waals surface area contributed by atoms with E-state index < -0.39 is 16.1 Å². The van der Waals surface area contributed by atoms with Crippen LogP contribution in [0.2, 0.25) is 0 Å². The number of pyridine rings is 1. The largest absolute Gasteiger partial charge is 0.372 e. The number of anilines is 3. The van der Waals surface area contributed by atoms with E-state index >= 15 is 0 Å². The minimum atomic E-state index is -3.90. The number of carbonyl (C=O) groups excluding carboxylic acids is 2. The molecule has 218 valence electrons. The number of hydrogen-bond acceptors (Lipinski definition) is 9. The average molecular weight is 599 g/mol. The second-order valence-electron chi connectivity index (χ2n) is 10.4. The van der Waals surface area contributed by atoms with Gasteiger partial charge in [-0.3, -0.25) is 14.5 Å². The van der Waals surface area contributed by atoms with Gasteiger partial charge in [-0.1, -0.05) is 17.4 Å². The van der Waals surface area contributed by atoms with Gasteiger partial charge >= 0.3 is 0 Å². The first kappa shape index (κ1) is 29.1. The predicted molar refractivity (Wildman–Crippen MR) is 158 cm³/mol. The van der Waals surface area contributed by atoms with E-state index in [0.717, 1.165) is 17.7 Å². The lowest BCUT2D eigenvalue weighted by Crippen LogP contribution is -2.36. The van der Waals surface area contributed by atoms with Gasteiger partial charge in [0.15, 0.2) is 5.13 Å². The summed E-state index contributed by atoms with van der Waals surface area (Å²) >= 11 is 1.36. The fourth-order valence-electron chi connectivity index (χ4n) is 5.05. The standard InChI is InChI=1S/C28H34N6O5S2/c1-15-25(40-28(30-15)32-22-8-7-9-23(31-22)33(5)26(35)17(3)39-6)19-12-20-14-34(16(2)18-10-11-18)27(36)24(20)21(13-19)41(37,38)29-4/h7-9,12-13,16-18,29H,10-11,14H2,1-6H3,(H,30,31,32)/t16-,17-/m0/s1. The van der Waals surface area contributed by atoms with Crippen LogP contribution in [-0.2, 0) is 26.1 Å². The number of amides is 2. The number of benzene rings is 1. The van der Waals surface area contributed by atoms with Gasteiger partial charge in [-0.2, -0.15) is 0 Å². The van der Waals surface area contributed by atoms with E-state index in [4.69, 9.17) is 4.74 Å². The van der Waals surface area contributed by atoms with Crippen LogP contribution in [0, 0.1) is 12.8 Å². The molecule has 0 bridgehead atoms. The van der Waals surface area contributed by atoms with Crippen LogP contribution in [0.3, 0.4) is 0 Å². The predicted octanol–water partition coefficient (Wildman–Crippen LogP) is 3.92. The first-order valence-electron chi connectivity index (χ1n) is 13.4. The van der Waals surface area contributed by atoms with Crippen molar-refractivity contribution >= 4 is 49.9 Å². The summed E-state index contributed by atoms with van der Waals surface area (Å²) in [7, 11) is 0.558. The lowest BCUT2D eigenvalue weighted by molar-refractivity contribution is -0.127. The quantitative estimate of drug-likeness (QED) is 0.359. The molecule has 5 rings (SSSR count). The molecule has 2 aromatic heterocycles. The Morgan fingerprint density at radius 1 is 1.22 bits per heavy atom. The second-order valence-corrected chi connectivity index (χ2v) is 13.3. The summed E-state index contributed by atoms with van der Waals surface area (Å²) in [5.41, 5.74) is 2.33. The molecule has 0 saturated heterocycles. The van der Waals surface area contributed by atoms with Gasteiger partial charge in [0.05, 0.1) is 21.0 Å². The molecule has 1 saturated carbocycles. The third-order valence-corrected chi connectivity index (χ3v) is 10.3. The Morgan fingerprint density at radius 3 is 2.61 bits per heavy atom. The van der Waals surface area contributed by atoms with E-state index in [0.29, 0.717) is 46.1 Å². The molecule has 2 atom stereocenters. The summed E-state index contributed by atoms with van der Waals surface area (Å²) in [6.45, 7) is 5.94. The molecular weight excluding hydrogens is 564 g/mol. The molecule has 11 nitrogen and oxygen atoms in total. The Labute approximate surface area is 244 Å². The first-order chi connectivity index (χ1) is 19.4. The molecule has 41 heavy (non-hydrogen) atoms. The van der Waals surface area contributed by atoms with Crippen LogP contribution in [-0.4, -0.2) is 68.5 Å². The van der Waals surface area contributed by atoms with E-state index in [1.807, 2.05) is 19.9 Å². The Kier molecular flexibility index (Phi) is 7.90. The number of aromatic nitrogens is 2. The minimum Gasteiger partial charge on any atom is -0.372 e. The number of nitrogens with one attached hydrogen (secondary N) is 2. The number of fused-ring (bicyclic) bond motifs is 1. The van der Waals surface area contributed by atoms with Crippen LogP contribution >= 0.6 is 11.3 Å². The molecule has 1 aliphatic heterocycles. The topological polar surface area (TPSA) is 134 Å². The highest BCUT2D eigenvalue weighted by Gasteiger charge is 2.41. The highest BCUT2D eigenvalue weighted by molar-refractivity contribution is 7.89. The number of rotatable bonds is 10. The van der Waals surface area contributed by atoms with Gasteiger partial charge < -0.3 is 15.0 Å². The van der Waals surface area contributed by atoms with Gasteiger partial charge in [-0.25, -0.2) is 23.1 Å². The number of aryl methyl sites for hydroxylation is 1. The van der Waals surface area contributed by atoms with Crippen molar-refractivity contribution in [1.82, 2.24) is 19.6 Å². The maximum absolute atomic E-state index is 13.4. The lowest BCUT2D eigenvalue weighted by Gasteiger charge is -2.24. The Balaban J connectivity index is 1.47. The van der Waals surface area contributed by atoms with Crippen molar-refractivity contribution in [2.24, 2.45) is 5.92 Å². The number of thiazole rings is 1. The van der Waals surface area contributed by atoms with Crippen molar-refractivity contribution in [3.05, 3.63) is 47.2 Å². The highest BCUT2D eigenvalue weighted by Crippen LogP contribution is 2.42. The van der Waals surface area contributed by atoms with Gasteiger partial charge in [0.25, 0.3) is 11.8 Å². The van der Waals surface area contributed by atoms with Gasteiger partial charge in [-0.15, -0.1) is 0 Å². The van der Waals surface area contributed by atoms with Gasteiger partial charge in [0.2, 0.25) is 10.0 Å². The number of ether oxygens (including phenoxy) is 1. The molecule has 2 N–H and O–H groups in total. The van der Waals surface area contributed by atoms with Gasteiger partial charge in [0.1, 0.15) is 17.7 Å². The fourth-order valence-corrected chi connectivity index (χ4v) is 7.00. The van der Waals surface area contributed by atoms with E-state index in [9.17, 15) is 18.0 Å². The zero-order valence-corrected chi connectivity index (χ0v) is 25.5. The molecule has 2 amide bonds. The molecule has 3 heterocycles. The van der Waals surface area contributed by atoms with Crippen molar-refractivity contribution in [3.63, 3.8) is 0 Å². The summed E-state index contributed by atoms with van der Waals surface area (Å²) in [5, 5.41) is 3.76. The van der Waals surface area contributed by atoms with E-state index in [2.05, 4.69) is 20.0 Å². The van der Waals surface area contributed by atoms with E-state index in [1.165, 1.54) is 30.4 Å². The van der Waals surface area contributed by atoms with E-state index in [1.54, 1.807) is 43.1 Å². The van der Waals surface area contributed by atoms with E-state index in [-0.39, 0.29) is 28.3 Å². The molecule has 3 aromatic rings. The third kappa shape index (κ3) is 5.59. The SMILES string of the molecule is CNS(=O)(=O)c1cc(-c2sc(Nc3cccc(N(C)C(=O)[C@H](C)OC)n3)nc2C)cc2c1C(=O)N([C@@H](C)C1CC1)C2. The van der Waals surface area contributed by atoms with Crippen LogP contribution in [0.1, 0.15) is 48.3 Å². The normalized spacial score (nSPS) is 16.4. The Bertz CT molecular complexity index is 1620. The summed E-state index contributed by atoms with van der Waals surface area (Å²) in [6, 6.07) is 8.81. The summed E-state index contributed by atoms with van der Waals surface area (Å²) in [5.74, 6) is 0.945. The molecule has 1 aromatic carbocycles. The minimum absolute atomic E-state index is 0.0161. The lowest BCUT2D eigenvalue weighted by atomic mass is 10.0. The summed E-state index contributed by atoms with van der Waals surface area (Å²) in [6.07, 6.45) is 1.56. The molecule has 0 spiro atoms. The second kappa shape index (κ2) is 11.1. The maximum Gasteiger partial charge on any atom is 0.256 e. The van der Waals surface area contributed by atoms with Crippen molar-refractivity contribution in [2.75, 3.05) is 31.4 Å². The van der Waals surface area contributed by atoms with Crippen molar-refractivity contribution in [2.45, 2.75) is 57.2 Å². The van der Waals surface area contributed by atoms with Gasteiger partial charge in [0, 0.05) is 26.7 Å². The number of nitrogens with zero attached hydrogens (tertiary/aromatic N) is 4. The van der Waals surface area contributed by atoms with Crippen molar-refractivity contribution in [3.8, 4) is 10.4 Å². The number of likely N-dealkylation sites (N-methyl/N-ethyl adjacent to an activating group) is 1. The Hall–Kier alpha value is -3.39. The number of sulfonamides is 1. The Morgan fingerprint density at radius 2 is 1.95 bits per heavy atom. The summed E-state index contributed by atoms with van der Waals surface area (Å²) < 4.78 is 33.7. The highest BCUT2D eigenvalue weighted by atomic mass is 32.2. The molecule has 13 heteroatoms. The first-order valence-corrected chi connectivity index (χ1v) is 15.7. The molecule has 1 fully saturated rings. The van der Waals surface area contributed by atoms with Crippen LogP contribution < -0.4 is 14.9 Å². The number of carbonyl (C=O) groups is 2. The van der Waals surface area contributed by atoms with Crippen molar-refractivity contribution < 1.29 is 22.7 Å². The zero-order chi connectivity index (χ0) is 29.6. The van der Waals surface area contributed by atoms with Gasteiger partial charge in [-0.05, 0) is 82.0 Å². The molecule has 0 unspecified atom stereocenters. The van der Waals surface area contributed by atoms with Crippen LogP contribution in [0.4, 0.5) is 16.8 Å². The molecule has 1 aliphatic carbocycles. The maximum atomic E-state index is 13.4. The molecular formula is C28H34N6O5S2. The third-order valence-electron chi connectivity index (χ3n) is 7.76. The zero-order valence-electron chi connectivity index (χ0n) is 23.9. The molecule has 0 radical (unpaired) electrons. The van der Waals surface area contributed by atoms with Crippen LogP contribution in [0.15, 0.2) is 35.2 Å². The van der Waals surface area contributed by atoms with Crippen LogP contribution in [0.5, 0.6) is 0 Å².